The van der Waals surface area contributed by atoms with E-state index in [4.69, 9.17) is 15.2 Å². The number of benzene rings is 2. The molecule has 1 aliphatic carbocycles. The van der Waals surface area contributed by atoms with Gasteiger partial charge in [-0.1, -0.05) is 36.8 Å². The molecule has 0 amide bonds. The zero-order chi connectivity index (χ0) is 17.7. The van der Waals surface area contributed by atoms with Gasteiger partial charge in [0, 0.05) is 17.2 Å². The largest absolute Gasteiger partial charge is 0.493 e. The van der Waals surface area contributed by atoms with Crippen LogP contribution in [0.1, 0.15) is 24.8 Å². The van der Waals surface area contributed by atoms with Crippen LogP contribution in [-0.2, 0) is 5.41 Å². The third kappa shape index (κ3) is 4.41. The van der Waals surface area contributed by atoms with Crippen molar-refractivity contribution in [2.45, 2.75) is 24.7 Å². The summed E-state index contributed by atoms with van der Waals surface area (Å²) in [7, 11) is 3.22. The number of ether oxygens (including phenoxy) is 2. The van der Waals surface area contributed by atoms with Crippen LogP contribution in [0, 0.1) is 0 Å². The third-order valence-electron chi connectivity index (χ3n) is 4.90. The number of anilines is 1. The van der Waals surface area contributed by atoms with Crippen LogP contribution in [0.3, 0.4) is 0 Å². The van der Waals surface area contributed by atoms with Crippen LogP contribution >= 0.6 is 24.0 Å². The highest BCUT2D eigenvalue weighted by Crippen LogP contribution is 2.43. The highest BCUT2D eigenvalue weighted by Gasteiger charge is 2.38. The van der Waals surface area contributed by atoms with Crippen LogP contribution in [0.4, 0.5) is 5.69 Å². The van der Waals surface area contributed by atoms with E-state index >= 15 is 0 Å². The minimum atomic E-state index is 0. The summed E-state index contributed by atoms with van der Waals surface area (Å²) in [4.78, 5) is 4.60. The van der Waals surface area contributed by atoms with E-state index < -0.39 is 0 Å². The van der Waals surface area contributed by atoms with Gasteiger partial charge in [-0.15, -0.1) is 24.0 Å². The van der Waals surface area contributed by atoms with Crippen molar-refractivity contribution in [2.75, 3.05) is 26.1 Å². The van der Waals surface area contributed by atoms with Crippen LogP contribution in [-0.4, -0.2) is 26.7 Å². The summed E-state index contributed by atoms with van der Waals surface area (Å²) in [6.45, 7) is 0.698. The average molecular weight is 467 g/mol. The number of aliphatic imine (C=N–C) groups is 1. The average Bonchev–Trinajstić information content (AvgIpc) is 2.61. The first kappa shape index (κ1) is 20.4. The summed E-state index contributed by atoms with van der Waals surface area (Å²) < 4.78 is 10.6. The molecule has 26 heavy (non-hydrogen) atoms. The molecular formula is C20H26IN3O2. The Balaban J connectivity index is 0.00000243. The molecule has 0 radical (unpaired) electrons. The topological polar surface area (TPSA) is 68.9 Å². The molecule has 0 spiro atoms. The lowest BCUT2D eigenvalue weighted by molar-refractivity contribution is 0.254. The van der Waals surface area contributed by atoms with Gasteiger partial charge in [-0.05, 0) is 30.5 Å². The first-order valence-corrected chi connectivity index (χ1v) is 8.51. The normalized spacial score (nSPS) is 15.4. The van der Waals surface area contributed by atoms with Gasteiger partial charge in [0.2, 0.25) is 0 Å². The van der Waals surface area contributed by atoms with Crippen molar-refractivity contribution in [2.24, 2.45) is 10.7 Å². The molecule has 0 aliphatic heterocycles. The van der Waals surface area contributed by atoms with Gasteiger partial charge in [0.25, 0.3) is 0 Å². The summed E-state index contributed by atoms with van der Waals surface area (Å²) in [5, 5.41) is 3.13. The second kappa shape index (κ2) is 9.12. The minimum absolute atomic E-state index is 0. The first-order chi connectivity index (χ1) is 12.2. The van der Waals surface area contributed by atoms with Gasteiger partial charge in [-0.3, -0.25) is 4.99 Å². The van der Waals surface area contributed by atoms with E-state index in [0.717, 1.165) is 18.5 Å². The molecule has 140 valence electrons. The molecule has 0 heterocycles. The molecule has 2 aromatic carbocycles. The van der Waals surface area contributed by atoms with E-state index in [2.05, 4.69) is 34.6 Å². The Labute approximate surface area is 172 Å². The maximum Gasteiger partial charge on any atom is 0.193 e. The number of nitrogens with one attached hydrogen (secondary N) is 1. The highest BCUT2D eigenvalue weighted by molar-refractivity contribution is 14.0. The highest BCUT2D eigenvalue weighted by atomic mass is 127. The number of hydrogen-bond acceptors (Lipinski definition) is 3. The lowest BCUT2D eigenvalue weighted by atomic mass is 9.64. The van der Waals surface area contributed by atoms with Crippen molar-refractivity contribution in [3.63, 3.8) is 0 Å². The fourth-order valence-corrected chi connectivity index (χ4v) is 3.27. The molecule has 2 aromatic rings. The Morgan fingerprint density at radius 3 is 2.35 bits per heavy atom. The van der Waals surface area contributed by atoms with Gasteiger partial charge in [0.1, 0.15) is 0 Å². The minimum Gasteiger partial charge on any atom is -0.493 e. The second-order valence-corrected chi connectivity index (χ2v) is 6.40. The summed E-state index contributed by atoms with van der Waals surface area (Å²) in [5.74, 6) is 1.75. The molecule has 0 saturated heterocycles. The van der Waals surface area contributed by atoms with E-state index in [1.54, 1.807) is 14.2 Å². The molecule has 3 rings (SSSR count). The lowest BCUT2D eigenvalue weighted by Gasteiger charge is -2.41. The van der Waals surface area contributed by atoms with Crippen LogP contribution in [0.25, 0.3) is 0 Å². The summed E-state index contributed by atoms with van der Waals surface area (Å²) >= 11 is 0. The van der Waals surface area contributed by atoms with Crippen molar-refractivity contribution < 1.29 is 9.47 Å². The van der Waals surface area contributed by atoms with Crippen molar-refractivity contribution >= 4 is 35.6 Å². The van der Waals surface area contributed by atoms with Crippen molar-refractivity contribution in [1.82, 2.24) is 0 Å². The maximum absolute atomic E-state index is 6.10. The fraction of sp³-hybridized carbons (Fsp3) is 0.350. The molecule has 0 unspecified atom stereocenters. The van der Waals surface area contributed by atoms with Gasteiger partial charge >= 0.3 is 0 Å². The Kier molecular flexibility index (Phi) is 7.14. The molecular weight excluding hydrogens is 441 g/mol. The van der Waals surface area contributed by atoms with Gasteiger partial charge in [0.15, 0.2) is 17.5 Å². The molecule has 0 atom stereocenters. The monoisotopic (exact) mass is 467 g/mol. The number of guanidine groups is 1. The predicted octanol–water partition coefficient (Wildman–Crippen LogP) is 4.17. The summed E-state index contributed by atoms with van der Waals surface area (Å²) in [6.07, 6.45) is 3.56. The van der Waals surface area contributed by atoms with Crippen LogP contribution in [0.15, 0.2) is 53.5 Å². The summed E-state index contributed by atoms with van der Waals surface area (Å²) in [6, 6.07) is 16.2. The van der Waals surface area contributed by atoms with E-state index in [0.29, 0.717) is 24.0 Å². The SMILES string of the molecule is COc1ccc(NC(N)=NCC2(c3ccccc3)CCC2)cc1OC.I. The van der Waals surface area contributed by atoms with E-state index in [-0.39, 0.29) is 29.4 Å². The number of hydrogen-bond donors (Lipinski definition) is 2. The quantitative estimate of drug-likeness (QED) is 0.380. The molecule has 6 heteroatoms. The van der Waals surface area contributed by atoms with Crippen LogP contribution in [0.2, 0.25) is 0 Å². The Hall–Kier alpha value is -1.96. The van der Waals surface area contributed by atoms with E-state index in [9.17, 15) is 0 Å². The molecule has 0 aromatic heterocycles. The molecule has 3 N–H and O–H groups in total. The number of methoxy groups -OCH3 is 2. The van der Waals surface area contributed by atoms with Crippen molar-refractivity contribution in [3.8, 4) is 11.5 Å². The zero-order valence-electron chi connectivity index (χ0n) is 15.2. The molecule has 0 bridgehead atoms. The van der Waals surface area contributed by atoms with Gasteiger partial charge in [-0.2, -0.15) is 0 Å². The van der Waals surface area contributed by atoms with Crippen LogP contribution in [0.5, 0.6) is 11.5 Å². The predicted molar refractivity (Wildman–Crippen MR) is 117 cm³/mol. The second-order valence-electron chi connectivity index (χ2n) is 6.40. The smallest absolute Gasteiger partial charge is 0.193 e. The Morgan fingerprint density at radius 1 is 1.08 bits per heavy atom. The maximum atomic E-state index is 6.10. The Bertz CT molecular complexity index is 746. The lowest BCUT2D eigenvalue weighted by Crippen LogP contribution is -2.38. The summed E-state index contributed by atoms with van der Waals surface area (Å²) in [5.41, 5.74) is 8.40. The molecule has 1 aliphatic rings. The van der Waals surface area contributed by atoms with Gasteiger partial charge in [-0.25, -0.2) is 0 Å². The number of nitrogens with zero attached hydrogens (tertiary/aromatic N) is 1. The molecule has 1 fully saturated rings. The number of nitrogens with two attached hydrogens (primary N) is 1. The van der Waals surface area contributed by atoms with Crippen LogP contribution < -0.4 is 20.5 Å². The fourth-order valence-electron chi connectivity index (χ4n) is 3.27. The van der Waals surface area contributed by atoms with Crippen molar-refractivity contribution in [1.29, 1.82) is 0 Å². The zero-order valence-corrected chi connectivity index (χ0v) is 17.5. The molecule has 5 nitrogen and oxygen atoms in total. The molecule has 1 saturated carbocycles. The number of halogens is 1. The van der Waals surface area contributed by atoms with E-state index in [1.165, 1.54) is 12.0 Å². The van der Waals surface area contributed by atoms with Gasteiger partial charge in [0.05, 0.1) is 20.8 Å². The third-order valence-corrected chi connectivity index (χ3v) is 4.90. The Morgan fingerprint density at radius 2 is 1.77 bits per heavy atom. The van der Waals surface area contributed by atoms with Crippen molar-refractivity contribution in [3.05, 3.63) is 54.1 Å². The number of rotatable bonds is 6. The van der Waals surface area contributed by atoms with Gasteiger partial charge < -0.3 is 20.5 Å². The standard InChI is InChI=1S/C20H25N3O2.HI/c1-24-17-10-9-16(13-18(17)25-2)23-19(21)22-14-20(11-6-12-20)15-7-4-3-5-8-15;/h3-5,7-10,13H,6,11-12,14H2,1-2H3,(H3,21,22,23);1H. The van der Waals surface area contributed by atoms with E-state index in [1.807, 2.05) is 24.3 Å². The first-order valence-electron chi connectivity index (χ1n) is 8.51.